The normalized spacial score (nSPS) is 11.7. The van der Waals surface area contributed by atoms with Gasteiger partial charge in [-0.15, -0.1) is 0 Å². The summed E-state index contributed by atoms with van der Waals surface area (Å²) in [5, 5.41) is 0. The summed E-state index contributed by atoms with van der Waals surface area (Å²) < 4.78 is 31.8. The average Bonchev–Trinajstić information content (AvgIpc) is 2.77. The van der Waals surface area contributed by atoms with E-state index in [2.05, 4.69) is 14.7 Å². The number of nitrogens with one attached hydrogen (secondary N) is 2. The molecule has 0 aliphatic carbocycles. The molecule has 0 saturated carbocycles. The molecule has 0 unspecified atom stereocenters. The standard InChI is InChI=1S/C13H11N3O4S/c1-8-4-5-14-12(6-8)16-21(18,19)9-2-3-11-10(7-9)15-13(17)20-11/h2-7H,1H3,(H,14,16)(H,15,17). The molecule has 0 bridgehead atoms. The monoisotopic (exact) mass is 305 g/mol. The zero-order chi connectivity index (χ0) is 15.0. The van der Waals surface area contributed by atoms with Crippen LogP contribution in [0.2, 0.25) is 0 Å². The number of aromatic nitrogens is 2. The number of sulfonamides is 1. The molecule has 0 fully saturated rings. The Morgan fingerprint density at radius 2 is 2.05 bits per heavy atom. The highest BCUT2D eigenvalue weighted by atomic mass is 32.2. The zero-order valence-corrected chi connectivity index (χ0v) is 11.8. The van der Waals surface area contributed by atoms with E-state index in [0.29, 0.717) is 11.1 Å². The van der Waals surface area contributed by atoms with Gasteiger partial charge in [-0.3, -0.25) is 9.71 Å². The molecule has 2 heterocycles. The van der Waals surface area contributed by atoms with Crippen LogP contribution in [0, 0.1) is 6.92 Å². The number of hydrogen-bond acceptors (Lipinski definition) is 5. The molecule has 1 aromatic carbocycles. The number of aryl methyl sites for hydroxylation is 1. The van der Waals surface area contributed by atoms with Crippen molar-refractivity contribution in [3.63, 3.8) is 0 Å². The van der Waals surface area contributed by atoms with Gasteiger partial charge in [0.2, 0.25) is 0 Å². The molecule has 7 nitrogen and oxygen atoms in total. The van der Waals surface area contributed by atoms with Crippen LogP contribution >= 0.6 is 0 Å². The zero-order valence-electron chi connectivity index (χ0n) is 11.0. The van der Waals surface area contributed by atoms with Crippen molar-refractivity contribution < 1.29 is 12.8 Å². The number of oxazole rings is 1. The Bertz CT molecular complexity index is 972. The Morgan fingerprint density at radius 3 is 2.81 bits per heavy atom. The van der Waals surface area contributed by atoms with Gasteiger partial charge in [0.25, 0.3) is 10.0 Å². The van der Waals surface area contributed by atoms with Crippen LogP contribution in [0.3, 0.4) is 0 Å². The third-order valence-electron chi connectivity index (χ3n) is 2.86. The van der Waals surface area contributed by atoms with Crippen LogP contribution in [-0.4, -0.2) is 18.4 Å². The van der Waals surface area contributed by atoms with Crippen molar-refractivity contribution in [2.24, 2.45) is 0 Å². The van der Waals surface area contributed by atoms with E-state index in [-0.39, 0.29) is 10.7 Å². The lowest BCUT2D eigenvalue weighted by Gasteiger charge is -2.07. The maximum Gasteiger partial charge on any atom is 0.417 e. The number of benzene rings is 1. The van der Waals surface area contributed by atoms with Gasteiger partial charge in [-0.05, 0) is 42.8 Å². The predicted molar refractivity (Wildman–Crippen MR) is 76.6 cm³/mol. The summed E-state index contributed by atoms with van der Waals surface area (Å²) in [6, 6.07) is 7.50. The summed E-state index contributed by atoms with van der Waals surface area (Å²) >= 11 is 0. The van der Waals surface area contributed by atoms with Gasteiger partial charge < -0.3 is 4.42 Å². The number of nitrogens with zero attached hydrogens (tertiary/aromatic N) is 1. The largest absolute Gasteiger partial charge is 0.417 e. The van der Waals surface area contributed by atoms with Crippen molar-refractivity contribution in [2.75, 3.05) is 4.72 Å². The Hall–Kier alpha value is -2.61. The Morgan fingerprint density at radius 1 is 1.24 bits per heavy atom. The first-order valence-corrected chi connectivity index (χ1v) is 7.51. The van der Waals surface area contributed by atoms with Crippen LogP contribution in [0.1, 0.15) is 5.56 Å². The molecule has 0 atom stereocenters. The van der Waals surface area contributed by atoms with E-state index in [0.717, 1.165) is 5.56 Å². The van der Waals surface area contributed by atoms with Gasteiger partial charge in [0.15, 0.2) is 5.58 Å². The first-order valence-electron chi connectivity index (χ1n) is 6.02. The van der Waals surface area contributed by atoms with Crippen LogP contribution < -0.4 is 10.5 Å². The number of pyridine rings is 1. The summed E-state index contributed by atoms with van der Waals surface area (Å²) in [7, 11) is -3.79. The molecule has 0 aliphatic heterocycles. The number of fused-ring (bicyclic) bond motifs is 1. The second-order valence-electron chi connectivity index (χ2n) is 4.50. The van der Waals surface area contributed by atoms with Gasteiger partial charge in [-0.1, -0.05) is 0 Å². The van der Waals surface area contributed by atoms with Crippen molar-refractivity contribution in [1.29, 1.82) is 0 Å². The molecule has 0 aliphatic rings. The molecule has 0 saturated heterocycles. The highest BCUT2D eigenvalue weighted by Crippen LogP contribution is 2.19. The number of anilines is 1. The minimum absolute atomic E-state index is 0.00959. The van der Waals surface area contributed by atoms with Gasteiger partial charge in [-0.25, -0.2) is 18.2 Å². The maximum atomic E-state index is 12.3. The molecule has 21 heavy (non-hydrogen) atoms. The van der Waals surface area contributed by atoms with Crippen LogP contribution in [0.15, 0.2) is 50.6 Å². The Kier molecular flexibility index (Phi) is 3.02. The highest BCUT2D eigenvalue weighted by Gasteiger charge is 2.16. The maximum absolute atomic E-state index is 12.3. The summed E-state index contributed by atoms with van der Waals surface area (Å²) in [6.07, 6.45) is 1.52. The lowest BCUT2D eigenvalue weighted by Crippen LogP contribution is -2.13. The van der Waals surface area contributed by atoms with E-state index >= 15 is 0 Å². The molecule has 3 rings (SSSR count). The van der Waals surface area contributed by atoms with E-state index in [1.807, 2.05) is 6.92 Å². The van der Waals surface area contributed by atoms with Gasteiger partial charge in [0.1, 0.15) is 5.82 Å². The molecule has 8 heteroatoms. The number of aromatic amines is 1. The SMILES string of the molecule is Cc1ccnc(NS(=O)(=O)c2ccc3oc(=O)[nH]c3c2)c1. The number of hydrogen-bond donors (Lipinski definition) is 2. The van der Waals surface area contributed by atoms with Crippen molar-refractivity contribution in [1.82, 2.24) is 9.97 Å². The molecule has 0 amide bonds. The van der Waals surface area contributed by atoms with Crippen molar-refractivity contribution in [3.8, 4) is 0 Å². The fourth-order valence-electron chi connectivity index (χ4n) is 1.89. The molecule has 108 valence electrons. The van der Waals surface area contributed by atoms with Crippen LogP contribution in [0.4, 0.5) is 5.82 Å². The van der Waals surface area contributed by atoms with E-state index in [9.17, 15) is 13.2 Å². The van der Waals surface area contributed by atoms with Gasteiger partial charge in [0.05, 0.1) is 10.4 Å². The van der Waals surface area contributed by atoms with Gasteiger partial charge in [0, 0.05) is 6.20 Å². The second-order valence-corrected chi connectivity index (χ2v) is 6.18. The first kappa shape index (κ1) is 13.4. The van der Waals surface area contributed by atoms with Crippen LogP contribution in [-0.2, 0) is 10.0 Å². The lowest BCUT2D eigenvalue weighted by atomic mass is 10.3. The second kappa shape index (κ2) is 4.74. The van der Waals surface area contributed by atoms with E-state index < -0.39 is 15.8 Å². The summed E-state index contributed by atoms with van der Waals surface area (Å²) in [6.45, 7) is 1.84. The molecule has 0 radical (unpaired) electrons. The van der Waals surface area contributed by atoms with Crippen molar-refractivity contribution in [2.45, 2.75) is 11.8 Å². The Balaban J connectivity index is 2.01. The summed E-state index contributed by atoms with van der Waals surface area (Å²) in [5.74, 6) is -0.399. The van der Waals surface area contributed by atoms with Crippen molar-refractivity contribution in [3.05, 3.63) is 52.6 Å². The summed E-state index contributed by atoms with van der Waals surface area (Å²) in [5.41, 5.74) is 1.50. The molecule has 2 N–H and O–H groups in total. The lowest BCUT2D eigenvalue weighted by molar-refractivity contribution is 0.555. The minimum atomic E-state index is -3.79. The third-order valence-corrected chi connectivity index (χ3v) is 4.21. The van der Waals surface area contributed by atoms with Crippen LogP contribution in [0.5, 0.6) is 0 Å². The van der Waals surface area contributed by atoms with E-state index in [1.165, 1.54) is 24.4 Å². The first-order chi connectivity index (χ1) is 9.94. The fraction of sp³-hybridized carbons (Fsp3) is 0.0769. The highest BCUT2D eigenvalue weighted by molar-refractivity contribution is 7.92. The predicted octanol–water partition coefficient (Wildman–Crippen LogP) is 1.63. The molecule has 0 spiro atoms. The summed E-state index contributed by atoms with van der Waals surface area (Å²) in [4.78, 5) is 17.5. The van der Waals surface area contributed by atoms with Crippen LogP contribution in [0.25, 0.3) is 11.1 Å². The van der Waals surface area contributed by atoms with Crippen molar-refractivity contribution >= 4 is 26.9 Å². The molecular formula is C13H11N3O4S. The van der Waals surface area contributed by atoms with E-state index in [4.69, 9.17) is 4.42 Å². The van der Waals surface area contributed by atoms with Gasteiger partial charge >= 0.3 is 5.76 Å². The molecule has 2 aromatic heterocycles. The fourth-order valence-corrected chi connectivity index (χ4v) is 2.91. The van der Waals surface area contributed by atoms with E-state index in [1.54, 1.807) is 12.1 Å². The minimum Gasteiger partial charge on any atom is -0.408 e. The van der Waals surface area contributed by atoms with Gasteiger partial charge in [-0.2, -0.15) is 0 Å². The molecular weight excluding hydrogens is 294 g/mol. The number of rotatable bonds is 3. The topological polar surface area (TPSA) is 105 Å². The Labute approximate surface area is 119 Å². The average molecular weight is 305 g/mol. The number of H-pyrrole nitrogens is 1. The molecule has 3 aromatic rings. The quantitative estimate of drug-likeness (QED) is 0.765. The smallest absolute Gasteiger partial charge is 0.408 e. The third kappa shape index (κ3) is 2.65.